The van der Waals surface area contributed by atoms with Crippen molar-refractivity contribution in [3.05, 3.63) is 88.6 Å². The Balaban J connectivity index is 1.16. The summed E-state index contributed by atoms with van der Waals surface area (Å²) in [6.07, 6.45) is 15.6. The van der Waals surface area contributed by atoms with Crippen LogP contribution >= 0.6 is 0 Å². The van der Waals surface area contributed by atoms with Gasteiger partial charge in [0.25, 0.3) is 5.56 Å². The van der Waals surface area contributed by atoms with Crippen molar-refractivity contribution in [3.63, 3.8) is 0 Å². The van der Waals surface area contributed by atoms with Crippen molar-refractivity contribution in [2.75, 3.05) is 44.2 Å². The molecule has 8 rings (SSSR count). The van der Waals surface area contributed by atoms with Crippen LogP contribution in [0.5, 0.6) is 0 Å². The second kappa shape index (κ2) is 14.4. The van der Waals surface area contributed by atoms with Gasteiger partial charge >= 0.3 is 0 Å². The Bertz CT molecular complexity index is 2190. The molecule has 2 aliphatic heterocycles. The van der Waals surface area contributed by atoms with Crippen LogP contribution in [0.25, 0.3) is 32.9 Å². The second-order valence-electron chi connectivity index (χ2n) is 15.7. The third-order valence-corrected chi connectivity index (χ3v) is 12.2. The predicted molar refractivity (Wildman–Crippen MR) is 211 cm³/mol. The van der Waals surface area contributed by atoms with Gasteiger partial charge in [-0.25, -0.2) is 9.97 Å². The lowest BCUT2D eigenvalue weighted by atomic mass is 9.79. The number of nitrogens with one attached hydrogen (secondary N) is 2. The molecule has 0 bridgehead atoms. The highest BCUT2D eigenvalue weighted by Gasteiger charge is 2.45. The molecule has 2 atom stereocenters. The molecule has 3 aliphatic rings. The summed E-state index contributed by atoms with van der Waals surface area (Å²) < 4.78 is 8.48. The summed E-state index contributed by atoms with van der Waals surface area (Å²) >= 11 is 0. The minimum atomic E-state index is -0.994. The van der Waals surface area contributed by atoms with E-state index in [0.717, 1.165) is 109 Å². The number of aromatic amines is 1. The van der Waals surface area contributed by atoms with E-state index >= 15 is 0 Å². The van der Waals surface area contributed by atoms with Crippen LogP contribution in [0.2, 0.25) is 0 Å². The summed E-state index contributed by atoms with van der Waals surface area (Å²) in [5.41, 5.74) is 4.17. The fraction of sp³-hybridized carbons (Fsp3) is 0.465. The number of likely N-dealkylation sites (tertiary alicyclic amines) is 1. The van der Waals surface area contributed by atoms with Crippen molar-refractivity contribution in [2.24, 2.45) is 7.05 Å². The SMILES string of the molecule is C#CCNC1(C)CCN(C2CCN(c3nc([C@@H](C)C(CO)(OC4CC4)c4ccccc4)c4cc(-c5cn(C)c(=O)c6[nH]ccc56)ccc4n3)CC2)CC1. The molecule has 2 saturated heterocycles. The quantitative estimate of drug-likeness (QED) is 0.150. The molecule has 10 nitrogen and oxygen atoms in total. The Morgan fingerprint density at radius 1 is 1.06 bits per heavy atom. The Labute approximate surface area is 311 Å². The molecule has 2 aromatic carbocycles. The van der Waals surface area contributed by atoms with Gasteiger partial charge < -0.3 is 34.5 Å². The molecular weight excluding hydrogens is 663 g/mol. The minimum absolute atomic E-state index is 0.0655. The number of fused-ring (bicyclic) bond motifs is 2. The number of benzene rings is 2. The van der Waals surface area contributed by atoms with E-state index in [-0.39, 0.29) is 29.7 Å². The van der Waals surface area contributed by atoms with Crippen LogP contribution in [0.3, 0.4) is 0 Å². The third kappa shape index (κ3) is 6.76. The standard InChI is InChI=1S/C43H51N7O3/c1-5-20-45-42(3)18-24-49(25-19-42)32-16-22-50(23-17-32)41-46-37-14-11-30(36-27-48(4)40(52)39-34(36)15-21-44-39)26-35(37)38(47-41)29(2)43(28-51,53-33-12-13-33)31-9-7-6-8-10-31/h1,6-11,14-15,21,26-27,29,32-33,44-45,51H,12-13,16-20,22-25,28H2,2-4H3/t29-,43?/m1/s1. The molecule has 5 aromatic rings. The van der Waals surface area contributed by atoms with Crippen LogP contribution < -0.4 is 15.8 Å². The Hall–Kier alpha value is -4.53. The molecule has 1 saturated carbocycles. The van der Waals surface area contributed by atoms with E-state index in [1.165, 1.54) is 0 Å². The molecule has 10 heteroatoms. The van der Waals surface area contributed by atoms with Crippen molar-refractivity contribution >= 4 is 27.8 Å². The van der Waals surface area contributed by atoms with Crippen molar-refractivity contribution in [1.82, 2.24) is 29.7 Å². The number of hydrogen-bond donors (Lipinski definition) is 3. The number of piperidine rings is 2. The largest absolute Gasteiger partial charge is 0.393 e. The van der Waals surface area contributed by atoms with Crippen LogP contribution in [-0.2, 0) is 17.4 Å². The molecule has 0 spiro atoms. The van der Waals surface area contributed by atoms with Crippen LogP contribution in [0.1, 0.15) is 69.5 Å². The van der Waals surface area contributed by atoms with E-state index in [1.54, 1.807) is 11.6 Å². The Morgan fingerprint density at radius 2 is 1.81 bits per heavy atom. The number of aromatic nitrogens is 4. The number of anilines is 1. The molecule has 5 heterocycles. The van der Waals surface area contributed by atoms with Crippen molar-refractivity contribution < 1.29 is 9.84 Å². The number of H-pyrrole nitrogens is 1. The van der Waals surface area contributed by atoms with E-state index in [4.69, 9.17) is 21.1 Å². The molecule has 3 fully saturated rings. The fourth-order valence-electron chi connectivity index (χ4n) is 8.64. The van der Waals surface area contributed by atoms with E-state index in [0.29, 0.717) is 18.1 Å². The number of ether oxygens (including phenoxy) is 1. The van der Waals surface area contributed by atoms with Gasteiger partial charge in [0.05, 0.1) is 30.5 Å². The van der Waals surface area contributed by atoms with Crippen molar-refractivity contribution in [2.45, 2.75) is 81.6 Å². The molecular formula is C43H51N7O3. The second-order valence-corrected chi connectivity index (χ2v) is 15.7. The highest BCUT2D eigenvalue weighted by molar-refractivity contribution is 5.97. The number of aryl methyl sites for hydroxylation is 1. The lowest BCUT2D eigenvalue weighted by molar-refractivity contribution is -0.110. The molecule has 3 aromatic heterocycles. The van der Waals surface area contributed by atoms with Crippen LogP contribution in [0.4, 0.5) is 5.95 Å². The molecule has 276 valence electrons. The van der Waals surface area contributed by atoms with Gasteiger partial charge in [0, 0.05) is 79.5 Å². The number of rotatable bonds is 11. The molecule has 1 aliphatic carbocycles. The topological polar surface area (TPSA) is 112 Å². The zero-order valence-electron chi connectivity index (χ0n) is 31.1. The zero-order chi connectivity index (χ0) is 36.7. The van der Waals surface area contributed by atoms with E-state index in [1.807, 2.05) is 36.7 Å². The third-order valence-electron chi connectivity index (χ3n) is 12.2. The van der Waals surface area contributed by atoms with Gasteiger partial charge in [-0.3, -0.25) is 4.79 Å². The first-order chi connectivity index (χ1) is 25.7. The maximum atomic E-state index is 12.9. The maximum Gasteiger partial charge on any atom is 0.274 e. The highest BCUT2D eigenvalue weighted by atomic mass is 16.5. The number of aliphatic hydroxyl groups excluding tert-OH is 1. The van der Waals surface area contributed by atoms with E-state index in [2.05, 4.69) is 70.2 Å². The Kier molecular flexibility index (Phi) is 9.62. The number of terminal acetylenes is 1. The van der Waals surface area contributed by atoms with Crippen LogP contribution in [0.15, 0.2) is 71.8 Å². The average Bonchev–Trinajstić information content (AvgIpc) is 3.88. The fourth-order valence-corrected chi connectivity index (χ4v) is 8.64. The summed E-state index contributed by atoms with van der Waals surface area (Å²) in [5.74, 6) is 3.14. The number of nitrogens with zero attached hydrogens (tertiary/aromatic N) is 5. The molecule has 1 unspecified atom stereocenters. The summed E-state index contributed by atoms with van der Waals surface area (Å²) in [6.45, 7) is 8.75. The zero-order valence-corrected chi connectivity index (χ0v) is 31.1. The summed E-state index contributed by atoms with van der Waals surface area (Å²) in [4.78, 5) is 31.7. The first-order valence-electron chi connectivity index (χ1n) is 19.2. The van der Waals surface area contributed by atoms with Gasteiger partial charge in [0.15, 0.2) is 0 Å². The predicted octanol–water partition coefficient (Wildman–Crippen LogP) is 5.69. The van der Waals surface area contributed by atoms with Gasteiger partial charge in [-0.15, -0.1) is 6.42 Å². The monoisotopic (exact) mass is 713 g/mol. The Morgan fingerprint density at radius 3 is 2.51 bits per heavy atom. The van der Waals surface area contributed by atoms with Crippen molar-refractivity contribution in [3.8, 4) is 23.5 Å². The van der Waals surface area contributed by atoms with Crippen molar-refractivity contribution in [1.29, 1.82) is 0 Å². The first kappa shape index (κ1) is 35.5. The smallest absolute Gasteiger partial charge is 0.274 e. The van der Waals surface area contributed by atoms with Gasteiger partial charge in [-0.05, 0) is 74.8 Å². The average molecular weight is 714 g/mol. The number of hydrogen-bond acceptors (Lipinski definition) is 8. The molecule has 0 radical (unpaired) electrons. The summed E-state index contributed by atoms with van der Waals surface area (Å²) in [5, 5.41) is 16.7. The normalized spacial score (nSPS) is 20.0. The van der Waals surface area contributed by atoms with E-state index < -0.39 is 5.60 Å². The lowest BCUT2D eigenvalue weighted by Crippen LogP contribution is -2.55. The van der Waals surface area contributed by atoms with Crippen LogP contribution in [-0.4, -0.2) is 86.5 Å². The maximum absolute atomic E-state index is 12.9. The van der Waals surface area contributed by atoms with Crippen LogP contribution in [0, 0.1) is 12.3 Å². The summed E-state index contributed by atoms with van der Waals surface area (Å²) in [7, 11) is 1.78. The number of pyridine rings is 1. The number of aliphatic hydroxyl groups is 1. The summed E-state index contributed by atoms with van der Waals surface area (Å²) in [6, 6.07) is 18.9. The van der Waals surface area contributed by atoms with E-state index in [9.17, 15) is 9.90 Å². The molecule has 3 N–H and O–H groups in total. The molecule has 0 amide bonds. The lowest BCUT2D eigenvalue weighted by Gasteiger charge is -2.45. The highest BCUT2D eigenvalue weighted by Crippen LogP contribution is 2.46. The first-order valence-corrected chi connectivity index (χ1v) is 19.2. The van der Waals surface area contributed by atoms with Gasteiger partial charge in [-0.2, -0.15) is 0 Å². The van der Waals surface area contributed by atoms with Gasteiger partial charge in [-0.1, -0.05) is 49.2 Å². The van der Waals surface area contributed by atoms with Gasteiger partial charge in [0.2, 0.25) is 5.95 Å². The molecule has 53 heavy (non-hydrogen) atoms. The van der Waals surface area contributed by atoms with Gasteiger partial charge in [0.1, 0.15) is 11.1 Å². The minimum Gasteiger partial charge on any atom is -0.393 e.